The average molecular weight is 241 g/mol. The van der Waals surface area contributed by atoms with E-state index in [2.05, 4.69) is 0 Å². The summed E-state index contributed by atoms with van der Waals surface area (Å²) < 4.78 is 23.8. The lowest BCUT2D eigenvalue weighted by atomic mass is 10.1. The lowest BCUT2D eigenvalue weighted by Crippen LogP contribution is -2.40. The second-order valence-corrected chi connectivity index (χ2v) is 3.78. The SMILES string of the molecule is CCOC(OCC)C(N)Cc1cccc(F)c1. The number of benzene rings is 1. The Hall–Kier alpha value is -0.970. The molecule has 0 spiro atoms. The summed E-state index contributed by atoms with van der Waals surface area (Å²) in [5.74, 6) is -0.251. The molecule has 3 nitrogen and oxygen atoms in total. The highest BCUT2D eigenvalue weighted by Crippen LogP contribution is 2.10. The number of hydrogen-bond acceptors (Lipinski definition) is 3. The maximum absolute atomic E-state index is 13.0. The van der Waals surface area contributed by atoms with Crippen molar-refractivity contribution in [1.82, 2.24) is 0 Å². The first-order valence-corrected chi connectivity index (χ1v) is 5.90. The van der Waals surface area contributed by atoms with Gasteiger partial charge in [-0.3, -0.25) is 0 Å². The molecule has 1 aromatic rings. The highest BCUT2D eigenvalue weighted by molar-refractivity contribution is 5.17. The molecule has 1 unspecified atom stereocenters. The van der Waals surface area contributed by atoms with Crippen molar-refractivity contribution in [3.63, 3.8) is 0 Å². The van der Waals surface area contributed by atoms with E-state index in [1.54, 1.807) is 6.07 Å². The third-order valence-electron chi connectivity index (χ3n) is 2.37. The molecule has 0 heterocycles. The quantitative estimate of drug-likeness (QED) is 0.743. The molecular formula is C13H20FNO2. The summed E-state index contributed by atoms with van der Waals surface area (Å²) in [7, 11) is 0. The minimum Gasteiger partial charge on any atom is -0.351 e. The summed E-state index contributed by atoms with van der Waals surface area (Å²) in [4.78, 5) is 0. The van der Waals surface area contributed by atoms with Crippen LogP contribution in [0.15, 0.2) is 24.3 Å². The Balaban J connectivity index is 2.59. The summed E-state index contributed by atoms with van der Waals surface area (Å²) in [6.07, 6.45) is 0.0934. The molecule has 0 fully saturated rings. The molecule has 0 aliphatic heterocycles. The van der Waals surface area contributed by atoms with E-state index < -0.39 is 6.29 Å². The Morgan fingerprint density at radius 1 is 1.24 bits per heavy atom. The summed E-state index contributed by atoms with van der Waals surface area (Å²) in [6, 6.07) is 6.12. The Bertz CT molecular complexity index is 327. The summed E-state index contributed by atoms with van der Waals surface area (Å²) in [5, 5.41) is 0. The van der Waals surface area contributed by atoms with Crippen molar-refractivity contribution in [2.45, 2.75) is 32.6 Å². The summed E-state index contributed by atoms with van der Waals surface area (Å²) in [5.41, 5.74) is 6.85. The van der Waals surface area contributed by atoms with Crippen LogP contribution in [0.5, 0.6) is 0 Å². The Kier molecular flexibility index (Phi) is 6.11. The van der Waals surface area contributed by atoms with E-state index in [4.69, 9.17) is 15.2 Å². The Labute approximate surface area is 102 Å². The highest BCUT2D eigenvalue weighted by Gasteiger charge is 2.18. The van der Waals surface area contributed by atoms with E-state index in [-0.39, 0.29) is 11.9 Å². The van der Waals surface area contributed by atoms with Gasteiger partial charge in [-0.2, -0.15) is 0 Å². The molecule has 0 radical (unpaired) electrons. The Morgan fingerprint density at radius 2 is 1.88 bits per heavy atom. The second-order valence-electron chi connectivity index (χ2n) is 3.78. The lowest BCUT2D eigenvalue weighted by molar-refractivity contribution is -0.148. The monoisotopic (exact) mass is 241 g/mol. The fourth-order valence-corrected chi connectivity index (χ4v) is 1.66. The molecule has 0 aliphatic rings. The fraction of sp³-hybridized carbons (Fsp3) is 0.538. The fourth-order valence-electron chi connectivity index (χ4n) is 1.66. The van der Waals surface area contributed by atoms with Gasteiger partial charge >= 0.3 is 0 Å². The van der Waals surface area contributed by atoms with Crippen molar-refractivity contribution in [3.8, 4) is 0 Å². The molecule has 0 saturated heterocycles. The maximum Gasteiger partial charge on any atom is 0.172 e. The van der Waals surface area contributed by atoms with E-state index in [1.165, 1.54) is 12.1 Å². The van der Waals surface area contributed by atoms with Crippen molar-refractivity contribution in [1.29, 1.82) is 0 Å². The van der Waals surface area contributed by atoms with E-state index >= 15 is 0 Å². The topological polar surface area (TPSA) is 44.5 Å². The van der Waals surface area contributed by atoms with Crippen LogP contribution in [-0.4, -0.2) is 25.5 Å². The van der Waals surface area contributed by atoms with Crippen LogP contribution in [0.4, 0.5) is 4.39 Å². The average Bonchev–Trinajstić information content (AvgIpc) is 2.28. The van der Waals surface area contributed by atoms with Gasteiger partial charge in [-0.15, -0.1) is 0 Å². The van der Waals surface area contributed by atoms with Crippen molar-refractivity contribution in [2.24, 2.45) is 5.73 Å². The van der Waals surface area contributed by atoms with E-state index in [0.717, 1.165) is 5.56 Å². The van der Waals surface area contributed by atoms with Crippen LogP contribution in [0.25, 0.3) is 0 Å². The molecule has 96 valence electrons. The number of hydrogen-bond donors (Lipinski definition) is 1. The van der Waals surface area contributed by atoms with E-state index in [1.807, 2.05) is 19.9 Å². The predicted octanol–water partition coefficient (Wildman–Crippen LogP) is 2.09. The smallest absolute Gasteiger partial charge is 0.172 e. The van der Waals surface area contributed by atoms with Crippen molar-refractivity contribution in [2.75, 3.05) is 13.2 Å². The third kappa shape index (κ3) is 4.81. The van der Waals surface area contributed by atoms with Crippen LogP contribution in [0.1, 0.15) is 19.4 Å². The first-order chi connectivity index (χ1) is 8.17. The molecule has 0 aliphatic carbocycles. The van der Waals surface area contributed by atoms with Crippen molar-refractivity contribution < 1.29 is 13.9 Å². The van der Waals surface area contributed by atoms with E-state index in [9.17, 15) is 4.39 Å². The van der Waals surface area contributed by atoms with Crippen molar-refractivity contribution >= 4 is 0 Å². The molecule has 1 atom stereocenters. The van der Waals surface area contributed by atoms with Gasteiger partial charge in [0.15, 0.2) is 6.29 Å². The van der Waals surface area contributed by atoms with Gasteiger partial charge in [-0.05, 0) is 38.0 Å². The van der Waals surface area contributed by atoms with Gasteiger partial charge in [0.25, 0.3) is 0 Å². The van der Waals surface area contributed by atoms with Crippen LogP contribution in [-0.2, 0) is 15.9 Å². The molecule has 1 aromatic carbocycles. The van der Waals surface area contributed by atoms with Crippen LogP contribution in [0.2, 0.25) is 0 Å². The number of ether oxygens (including phenoxy) is 2. The maximum atomic E-state index is 13.0. The van der Waals surface area contributed by atoms with Gasteiger partial charge < -0.3 is 15.2 Å². The van der Waals surface area contributed by atoms with Gasteiger partial charge in [0.1, 0.15) is 5.82 Å². The lowest BCUT2D eigenvalue weighted by Gasteiger charge is -2.23. The molecule has 1 rings (SSSR count). The first-order valence-electron chi connectivity index (χ1n) is 5.90. The van der Waals surface area contributed by atoms with Crippen LogP contribution in [0, 0.1) is 5.82 Å². The highest BCUT2D eigenvalue weighted by atomic mass is 19.1. The van der Waals surface area contributed by atoms with Gasteiger partial charge in [-0.25, -0.2) is 4.39 Å². The second kappa shape index (κ2) is 7.37. The van der Waals surface area contributed by atoms with E-state index in [0.29, 0.717) is 19.6 Å². The molecule has 17 heavy (non-hydrogen) atoms. The minimum atomic E-state index is -0.437. The molecule has 4 heteroatoms. The van der Waals surface area contributed by atoms with Crippen LogP contribution in [0.3, 0.4) is 0 Å². The van der Waals surface area contributed by atoms with Gasteiger partial charge in [0.2, 0.25) is 0 Å². The summed E-state index contributed by atoms with van der Waals surface area (Å²) >= 11 is 0. The number of halogens is 1. The number of nitrogens with two attached hydrogens (primary N) is 1. The van der Waals surface area contributed by atoms with Crippen LogP contribution < -0.4 is 5.73 Å². The van der Waals surface area contributed by atoms with Gasteiger partial charge in [-0.1, -0.05) is 12.1 Å². The van der Waals surface area contributed by atoms with Gasteiger partial charge in [0.05, 0.1) is 6.04 Å². The standard InChI is InChI=1S/C13H20FNO2/c1-3-16-13(17-4-2)12(15)9-10-6-5-7-11(14)8-10/h5-8,12-13H,3-4,9,15H2,1-2H3. The first kappa shape index (κ1) is 14.1. The van der Waals surface area contributed by atoms with Crippen molar-refractivity contribution in [3.05, 3.63) is 35.6 Å². The minimum absolute atomic E-state index is 0.251. The molecule has 0 aromatic heterocycles. The summed E-state index contributed by atoms with van der Waals surface area (Å²) in [6.45, 7) is 4.87. The zero-order valence-corrected chi connectivity index (χ0v) is 10.4. The molecule has 0 amide bonds. The molecular weight excluding hydrogens is 221 g/mol. The normalized spacial score (nSPS) is 13.0. The zero-order valence-electron chi connectivity index (χ0n) is 10.4. The van der Waals surface area contributed by atoms with Gasteiger partial charge in [0, 0.05) is 13.2 Å². The molecule has 0 bridgehead atoms. The van der Waals surface area contributed by atoms with Crippen LogP contribution >= 0.6 is 0 Å². The third-order valence-corrected chi connectivity index (χ3v) is 2.37. The molecule has 2 N–H and O–H groups in total. The Morgan fingerprint density at radius 3 is 2.41 bits per heavy atom. The zero-order chi connectivity index (χ0) is 12.7. The molecule has 0 saturated carbocycles. The predicted molar refractivity (Wildman–Crippen MR) is 65.1 cm³/mol. The largest absolute Gasteiger partial charge is 0.351 e. The number of rotatable bonds is 7.